The van der Waals surface area contributed by atoms with Crippen molar-refractivity contribution in [2.45, 2.75) is 385 Å². The molecule has 1 saturated heterocycles. The van der Waals surface area contributed by atoms with Gasteiger partial charge in [-0.1, -0.05) is 285 Å². The number of carbonyl (C=O) groups is 2. The highest BCUT2D eigenvalue weighted by molar-refractivity contribution is 5.96. The summed E-state index contributed by atoms with van der Waals surface area (Å²) in [6.45, 7) is 12.8. The lowest BCUT2D eigenvalue weighted by Crippen LogP contribution is -2.61. The number of carbonyl (C=O) groups excluding carboxylic acids is 2. The average molecular weight is 1110 g/mol. The Morgan fingerprint density at radius 3 is 0.692 bits per heavy atom. The topological polar surface area (TPSA) is 146 Å². The van der Waals surface area contributed by atoms with E-state index in [1.807, 2.05) is 0 Å². The van der Waals surface area contributed by atoms with Gasteiger partial charge in [-0.3, -0.25) is 19.4 Å². The summed E-state index contributed by atoms with van der Waals surface area (Å²) in [5.74, 6) is -0.218. The molecule has 0 aromatic carbocycles. The molecule has 2 amide bonds. The van der Waals surface area contributed by atoms with Crippen LogP contribution in [0.25, 0.3) is 0 Å². The minimum Gasteiger partial charge on any atom is -0.392 e. The average Bonchev–Trinajstić information content (AvgIpc) is 3.42. The van der Waals surface area contributed by atoms with Crippen molar-refractivity contribution in [1.82, 2.24) is 20.4 Å². The maximum atomic E-state index is 13.4. The fraction of sp³-hybridized carbons (Fsp3) is 0.971. The van der Waals surface area contributed by atoms with E-state index < -0.39 is 36.5 Å². The second kappa shape index (κ2) is 56.2. The minimum absolute atomic E-state index is 0.109. The van der Waals surface area contributed by atoms with E-state index in [1.165, 1.54) is 205 Å². The van der Waals surface area contributed by atoms with Gasteiger partial charge in [-0.05, 0) is 77.3 Å². The van der Waals surface area contributed by atoms with Gasteiger partial charge >= 0.3 is 0 Å². The Bertz CT molecular complexity index is 1120. The van der Waals surface area contributed by atoms with Crippen molar-refractivity contribution in [3.05, 3.63) is 0 Å². The largest absolute Gasteiger partial charge is 0.392 e. The molecule has 1 aliphatic rings. The lowest BCUT2D eigenvalue weighted by Gasteiger charge is -2.31. The molecule has 0 spiro atoms. The van der Waals surface area contributed by atoms with Gasteiger partial charge in [0.2, 0.25) is 11.8 Å². The number of piperazine rings is 1. The Morgan fingerprint density at radius 2 is 0.487 bits per heavy atom. The van der Waals surface area contributed by atoms with Crippen LogP contribution in [0.4, 0.5) is 0 Å². The van der Waals surface area contributed by atoms with Crippen LogP contribution < -0.4 is 10.6 Å². The molecule has 464 valence electrons. The molecule has 1 rings (SSSR count). The standard InChI is InChI=1S/C68H136N4O6/c1-5-9-13-17-21-25-29-33-37-41-49-61(73)57-71(58-62(74)50-42-38-34-30-26-22-18-14-10-6-2)55-47-45-53-65-67(77)70-66(68(78)69-65)54-46-48-56-72(59-63(75)51-43-39-35-31-27-23-19-15-11-7-3)60-64(76)52-44-40-36-32-28-24-20-16-12-8-4/h61-66,73-76H,5-60H2,1-4H3,(H,69,78)(H,70,77). The number of hydrogen-bond acceptors (Lipinski definition) is 8. The van der Waals surface area contributed by atoms with E-state index in [0.29, 0.717) is 39.0 Å². The van der Waals surface area contributed by atoms with Gasteiger partial charge in [0.25, 0.3) is 0 Å². The summed E-state index contributed by atoms with van der Waals surface area (Å²) in [6.07, 6.45) is 56.9. The quantitative estimate of drug-likeness (QED) is 0.0330. The van der Waals surface area contributed by atoms with Crippen molar-refractivity contribution in [1.29, 1.82) is 0 Å². The maximum Gasteiger partial charge on any atom is 0.243 e. The lowest BCUT2D eigenvalue weighted by molar-refractivity contribution is -0.137. The van der Waals surface area contributed by atoms with Gasteiger partial charge in [0, 0.05) is 26.2 Å². The molecule has 6 N–H and O–H groups in total. The fourth-order valence-corrected chi connectivity index (χ4v) is 12.0. The summed E-state index contributed by atoms with van der Waals surface area (Å²) in [7, 11) is 0. The lowest BCUT2D eigenvalue weighted by atomic mass is 10.0. The van der Waals surface area contributed by atoms with Gasteiger partial charge in [0.1, 0.15) is 12.1 Å². The first kappa shape index (κ1) is 74.7. The molecule has 1 aliphatic heterocycles. The van der Waals surface area contributed by atoms with Crippen LogP contribution in [0.15, 0.2) is 0 Å². The molecule has 1 heterocycles. The van der Waals surface area contributed by atoms with Gasteiger partial charge in [-0.2, -0.15) is 0 Å². The van der Waals surface area contributed by atoms with Crippen LogP contribution in [0.5, 0.6) is 0 Å². The summed E-state index contributed by atoms with van der Waals surface area (Å²) >= 11 is 0. The molecule has 10 heteroatoms. The molecular formula is C68H136N4O6. The molecule has 10 nitrogen and oxygen atoms in total. The van der Waals surface area contributed by atoms with Crippen LogP contribution in [0.3, 0.4) is 0 Å². The van der Waals surface area contributed by atoms with E-state index in [-0.39, 0.29) is 11.8 Å². The zero-order valence-corrected chi connectivity index (χ0v) is 52.6. The smallest absolute Gasteiger partial charge is 0.243 e. The molecular weight excluding hydrogens is 969 g/mol. The van der Waals surface area contributed by atoms with Crippen LogP contribution in [-0.2, 0) is 9.59 Å². The Kier molecular flexibility index (Phi) is 53.8. The Balaban J connectivity index is 2.61. The fourth-order valence-electron chi connectivity index (χ4n) is 12.0. The monoisotopic (exact) mass is 1110 g/mol. The van der Waals surface area contributed by atoms with Crippen molar-refractivity contribution in [3.63, 3.8) is 0 Å². The Morgan fingerprint density at radius 1 is 0.295 bits per heavy atom. The predicted octanol–water partition coefficient (Wildman–Crippen LogP) is 16.6. The second-order valence-electron chi connectivity index (χ2n) is 25.1. The van der Waals surface area contributed by atoms with Crippen LogP contribution in [-0.4, -0.2) is 118 Å². The molecule has 0 aromatic heterocycles. The van der Waals surface area contributed by atoms with Gasteiger partial charge < -0.3 is 31.1 Å². The molecule has 78 heavy (non-hydrogen) atoms. The van der Waals surface area contributed by atoms with Crippen LogP contribution >= 0.6 is 0 Å². The number of aliphatic hydroxyl groups is 4. The van der Waals surface area contributed by atoms with Crippen molar-refractivity contribution in [2.24, 2.45) is 0 Å². The van der Waals surface area contributed by atoms with Crippen molar-refractivity contribution in [3.8, 4) is 0 Å². The first-order chi connectivity index (χ1) is 38.1. The number of hydrogen-bond donors (Lipinski definition) is 6. The Labute approximate surface area is 484 Å². The highest BCUT2D eigenvalue weighted by atomic mass is 16.3. The number of nitrogens with one attached hydrogen (secondary N) is 2. The van der Waals surface area contributed by atoms with Gasteiger partial charge in [0.05, 0.1) is 24.4 Å². The normalized spacial score (nSPS) is 16.5. The minimum atomic E-state index is -0.546. The number of rotatable bonds is 62. The van der Waals surface area contributed by atoms with Gasteiger partial charge in [-0.25, -0.2) is 0 Å². The second-order valence-corrected chi connectivity index (χ2v) is 25.1. The summed E-state index contributed by atoms with van der Waals surface area (Å²) < 4.78 is 0. The van der Waals surface area contributed by atoms with E-state index in [9.17, 15) is 30.0 Å². The van der Waals surface area contributed by atoms with Crippen LogP contribution in [0.2, 0.25) is 0 Å². The maximum absolute atomic E-state index is 13.4. The van der Waals surface area contributed by atoms with Crippen molar-refractivity contribution >= 4 is 11.8 Å². The van der Waals surface area contributed by atoms with Crippen molar-refractivity contribution in [2.75, 3.05) is 39.3 Å². The summed E-state index contributed by atoms with van der Waals surface area (Å²) in [6, 6.07) is -1.09. The van der Waals surface area contributed by atoms with E-state index >= 15 is 0 Å². The van der Waals surface area contributed by atoms with Crippen LogP contribution in [0, 0.1) is 0 Å². The zero-order valence-electron chi connectivity index (χ0n) is 52.6. The molecule has 0 saturated carbocycles. The zero-order chi connectivity index (χ0) is 56.8. The van der Waals surface area contributed by atoms with Gasteiger partial charge in [0.15, 0.2) is 0 Å². The third-order valence-electron chi connectivity index (χ3n) is 17.1. The third kappa shape index (κ3) is 47.2. The molecule has 1 fully saturated rings. The van der Waals surface area contributed by atoms with E-state index in [4.69, 9.17) is 0 Å². The first-order valence-corrected chi connectivity index (χ1v) is 34.9. The summed E-state index contributed by atoms with van der Waals surface area (Å²) in [5.41, 5.74) is 0. The number of unbranched alkanes of at least 4 members (excludes halogenated alkanes) is 38. The molecule has 0 bridgehead atoms. The first-order valence-electron chi connectivity index (χ1n) is 34.9. The summed E-state index contributed by atoms with van der Waals surface area (Å²) in [4.78, 5) is 31.2. The van der Waals surface area contributed by atoms with Crippen LogP contribution in [0.1, 0.15) is 349 Å². The van der Waals surface area contributed by atoms with E-state index in [1.54, 1.807) is 0 Å². The molecule has 0 radical (unpaired) electrons. The van der Waals surface area contributed by atoms with E-state index in [2.05, 4.69) is 48.1 Å². The number of amides is 2. The van der Waals surface area contributed by atoms with Gasteiger partial charge in [-0.15, -0.1) is 0 Å². The molecule has 6 atom stereocenters. The van der Waals surface area contributed by atoms with E-state index in [0.717, 1.165) is 116 Å². The highest BCUT2D eigenvalue weighted by Crippen LogP contribution is 2.19. The third-order valence-corrected chi connectivity index (χ3v) is 17.1. The molecule has 6 unspecified atom stereocenters. The Hall–Kier alpha value is -1.30. The summed E-state index contributed by atoms with van der Waals surface area (Å²) in [5, 5.41) is 50.7. The molecule has 0 aliphatic carbocycles. The SMILES string of the molecule is CCCCCCCCCCCCC(O)CN(CCCCC1NC(=O)C(CCCCN(CC(O)CCCCCCCCCCCC)CC(O)CCCCCCCCCCCC)NC1=O)CC(O)CCCCCCCCCCCC. The van der Waals surface area contributed by atoms with Crippen molar-refractivity contribution < 1.29 is 30.0 Å². The number of nitrogens with zero attached hydrogens (tertiary/aromatic N) is 2. The predicted molar refractivity (Wildman–Crippen MR) is 334 cm³/mol. The highest BCUT2D eigenvalue weighted by Gasteiger charge is 2.33. The molecule has 0 aromatic rings. The number of aliphatic hydroxyl groups excluding tert-OH is 4.